The minimum Gasteiger partial charge on any atom is -0.313 e. The molecule has 0 radical (unpaired) electrons. The Morgan fingerprint density at radius 2 is 1.90 bits per heavy atom. The molecule has 0 saturated heterocycles. The molecule has 0 spiro atoms. The lowest BCUT2D eigenvalue weighted by atomic mass is 10.0. The number of rotatable bonds is 7. The second-order valence-electron chi connectivity index (χ2n) is 5.39. The summed E-state index contributed by atoms with van der Waals surface area (Å²) in [5.41, 5.74) is 0.394. The van der Waals surface area contributed by atoms with E-state index in [-0.39, 0.29) is 9.92 Å². The van der Waals surface area contributed by atoms with Crippen LogP contribution in [0.4, 0.5) is 0 Å². The molecule has 20 heavy (non-hydrogen) atoms. The van der Waals surface area contributed by atoms with Crippen molar-refractivity contribution in [1.29, 1.82) is 0 Å². The van der Waals surface area contributed by atoms with Crippen LogP contribution in [0, 0.1) is 0 Å². The molecule has 2 N–H and O–H groups in total. The fraction of sp³-hybridized carbons (Fsp3) is 0.571. The van der Waals surface area contributed by atoms with Crippen molar-refractivity contribution >= 4 is 21.6 Å². The number of benzene rings is 1. The van der Waals surface area contributed by atoms with Crippen LogP contribution in [-0.2, 0) is 16.6 Å². The minimum atomic E-state index is -3.62. The molecule has 0 aliphatic rings. The fourth-order valence-corrected chi connectivity index (χ4v) is 3.66. The van der Waals surface area contributed by atoms with Crippen molar-refractivity contribution in [3.8, 4) is 0 Å². The van der Waals surface area contributed by atoms with Crippen molar-refractivity contribution in [3.05, 3.63) is 28.8 Å². The van der Waals surface area contributed by atoms with E-state index in [1.54, 1.807) is 12.1 Å². The SMILES string of the molecule is CCNCc1ccc(Cl)c(S(=O)(=O)NC(C)(C)CC)c1. The molecule has 114 valence electrons. The summed E-state index contributed by atoms with van der Waals surface area (Å²) < 4.78 is 27.6. The van der Waals surface area contributed by atoms with Crippen LogP contribution in [-0.4, -0.2) is 20.5 Å². The van der Waals surface area contributed by atoms with Crippen molar-refractivity contribution in [2.75, 3.05) is 6.54 Å². The van der Waals surface area contributed by atoms with Crippen LogP contribution >= 0.6 is 11.6 Å². The normalized spacial score (nSPS) is 12.7. The zero-order chi connectivity index (χ0) is 15.4. The van der Waals surface area contributed by atoms with E-state index in [0.29, 0.717) is 13.0 Å². The quantitative estimate of drug-likeness (QED) is 0.812. The molecule has 1 aromatic carbocycles. The molecule has 1 rings (SSSR count). The van der Waals surface area contributed by atoms with Gasteiger partial charge in [-0.2, -0.15) is 0 Å². The Bertz CT molecular complexity index is 556. The highest BCUT2D eigenvalue weighted by atomic mass is 35.5. The van der Waals surface area contributed by atoms with Crippen molar-refractivity contribution in [2.24, 2.45) is 0 Å². The first-order chi connectivity index (χ1) is 9.22. The third-order valence-electron chi connectivity index (χ3n) is 3.16. The molecule has 1 aromatic rings. The summed E-state index contributed by atoms with van der Waals surface area (Å²) in [5, 5.41) is 3.40. The Labute approximate surface area is 127 Å². The topological polar surface area (TPSA) is 58.2 Å². The predicted molar refractivity (Wildman–Crippen MR) is 83.5 cm³/mol. The smallest absolute Gasteiger partial charge is 0.242 e. The van der Waals surface area contributed by atoms with E-state index in [1.807, 2.05) is 33.8 Å². The zero-order valence-corrected chi connectivity index (χ0v) is 14.0. The van der Waals surface area contributed by atoms with Gasteiger partial charge in [0, 0.05) is 12.1 Å². The van der Waals surface area contributed by atoms with Crippen LogP contribution in [0.15, 0.2) is 23.1 Å². The molecule has 0 unspecified atom stereocenters. The Hall–Kier alpha value is -0.620. The van der Waals surface area contributed by atoms with Crippen molar-refractivity contribution in [2.45, 2.75) is 51.1 Å². The van der Waals surface area contributed by atoms with Gasteiger partial charge in [0.2, 0.25) is 10.0 Å². The van der Waals surface area contributed by atoms with Crippen molar-refractivity contribution in [1.82, 2.24) is 10.0 Å². The van der Waals surface area contributed by atoms with Gasteiger partial charge in [0.25, 0.3) is 0 Å². The van der Waals surface area contributed by atoms with E-state index in [2.05, 4.69) is 10.0 Å². The van der Waals surface area contributed by atoms with E-state index >= 15 is 0 Å². The van der Waals surface area contributed by atoms with Gasteiger partial charge in [-0.3, -0.25) is 0 Å². The average molecular weight is 319 g/mol. The third-order valence-corrected chi connectivity index (χ3v) is 5.34. The molecule has 0 aromatic heterocycles. The van der Waals surface area contributed by atoms with Crippen LogP contribution in [0.2, 0.25) is 5.02 Å². The molecule has 0 atom stereocenters. The van der Waals surface area contributed by atoms with Crippen molar-refractivity contribution < 1.29 is 8.42 Å². The van der Waals surface area contributed by atoms with Gasteiger partial charge in [0.15, 0.2) is 0 Å². The number of nitrogens with one attached hydrogen (secondary N) is 2. The van der Waals surface area contributed by atoms with Gasteiger partial charge in [-0.15, -0.1) is 0 Å². The molecule has 0 bridgehead atoms. The minimum absolute atomic E-state index is 0.135. The maximum Gasteiger partial charge on any atom is 0.242 e. The largest absolute Gasteiger partial charge is 0.313 e. The van der Waals surface area contributed by atoms with Crippen LogP contribution in [0.25, 0.3) is 0 Å². The zero-order valence-electron chi connectivity index (χ0n) is 12.5. The Balaban J connectivity index is 3.10. The summed E-state index contributed by atoms with van der Waals surface area (Å²) in [6, 6.07) is 5.08. The Morgan fingerprint density at radius 3 is 2.45 bits per heavy atom. The van der Waals surface area contributed by atoms with E-state index in [0.717, 1.165) is 12.1 Å². The summed E-state index contributed by atoms with van der Waals surface area (Å²) in [6.07, 6.45) is 0.695. The molecule has 0 fully saturated rings. The molecule has 0 heterocycles. The first kappa shape index (κ1) is 17.4. The maximum atomic E-state index is 12.4. The highest BCUT2D eigenvalue weighted by Crippen LogP contribution is 2.24. The number of hydrogen-bond acceptors (Lipinski definition) is 3. The van der Waals surface area contributed by atoms with Gasteiger partial charge >= 0.3 is 0 Å². The van der Waals surface area contributed by atoms with Crippen molar-refractivity contribution in [3.63, 3.8) is 0 Å². The van der Waals surface area contributed by atoms with Crippen LogP contribution in [0.5, 0.6) is 0 Å². The van der Waals surface area contributed by atoms with Gasteiger partial charge in [0.1, 0.15) is 4.90 Å². The monoisotopic (exact) mass is 318 g/mol. The second-order valence-corrected chi connectivity index (χ2v) is 7.45. The van der Waals surface area contributed by atoms with E-state index in [4.69, 9.17) is 11.6 Å². The van der Waals surface area contributed by atoms with E-state index < -0.39 is 15.6 Å². The Kier molecular flexibility index (Phi) is 6.01. The van der Waals surface area contributed by atoms with Gasteiger partial charge in [-0.05, 0) is 44.5 Å². The lowest BCUT2D eigenvalue weighted by Gasteiger charge is -2.24. The summed E-state index contributed by atoms with van der Waals surface area (Å²) >= 11 is 6.05. The molecular formula is C14H23ClN2O2S. The first-order valence-corrected chi connectivity index (χ1v) is 8.61. The summed E-state index contributed by atoms with van der Waals surface area (Å²) in [6.45, 7) is 9.08. The molecule has 0 saturated carbocycles. The molecular weight excluding hydrogens is 296 g/mol. The second kappa shape index (κ2) is 6.89. The fourth-order valence-electron chi connectivity index (χ4n) is 1.62. The van der Waals surface area contributed by atoms with Crippen LogP contribution in [0.3, 0.4) is 0 Å². The first-order valence-electron chi connectivity index (χ1n) is 6.75. The summed E-state index contributed by atoms with van der Waals surface area (Å²) in [7, 11) is -3.62. The number of sulfonamides is 1. The number of halogens is 1. The Morgan fingerprint density at radius 1 is 1.25 bits per heavy atom. The predicted octanol–water partition coefficient (Wildman–Crippen LogP) is 2.92. The summed E-state index contributed by atoms with van der Waals surface area (Å²) in [5.74, 6) is 0. The maximum absolute atomic E-state index is 12.4. The van der Waals surface area contributed by atoms with E-state index in [9.17, 15) is 8.42 Å². The lowest BCUT2D eigenvalue weighted by molar-refractivity contribution is 0.439. The molecule has 0 amide bonds. The van der Waals surface area contributed by atoms with Crippen LogP contribution in [0.1, 0.15) is 39.7 Å². The molecule has 6 heteroatoms. The van der Waals surface area contributed by atoms with Gasteiger partial charge in [0.05, 0.1) is 5.02 Å². The molecule has 0 aliphatic carbocycles. The van der Waals surface area contributed by atoms with Gasteiger partial charge in [-0.1, -0.05) is 31.5 Å². The van der Waals surface area contributed by atoms with E-state index in [1.165, 1.54) is 0 Å². The molecule has 0 aliphatic heterocycles. The standard InChI is InChI=1S/C14H23ClN2O2S/c1-5-14(3,4)17-20(18,19)13-9-11(10-16-6-2)7-8-12(13)15/h7-9,16-17H,5-6,10H2,1-4H3. The van der Waals surface area contributed by atoms with Crippen LogP contribution < -0.4 is 10.0 Å². The highest BCUT2D eigenvalue weighted by Gasteiger charge is 2.26. The van der Waals surface area contributed by atoms with Gasteiger partial charge < -0.3 is 5.32 Å². The molecule has 4 nitrogen and oxygen atoms in total. The summed E-state index contributed by atoms with van der Waals surface area (Å²) in [4.78, 5) is 0.135. The highest BCUT2D eigenvalue weighted by molar-refractivity contribution is 7.89. The lowest BCUT2D eigenvalue weighted by Crippen LogP contribution is -2.42. The third kappa shape index (κ3) is 4.74. The average Bonchev–Trinajstić information content (AvgIpc) is 2.36. The number of hydrogen-bond donors (Lipinski definition) is 2. The van der Waals surface area contributed by atoms with Gasteiger partial charge in [-0.25, -0.2) is 13.1 Å².